The van der Waals surface area contributed by atoms with Crippen molar-refractivity contribution in [3.05, 3.63) is 22.4 Å². The minimum atomic E-state index is 0.326. The Morgan fingerprint density at radius 2 is 2.10 bits per heavy atom. The third-order valence-electron chi connectivity index (χ3n) is 5.12. The van der Waals surface area contributed by atoms with E-state index in [0.29, 0.717) is 11.6 Å². The van der Waals surface area contributed by atoms with Crippen molar-refractivity contribution in [2.75, 3.05) is 20.6 Å². The lowest BCUT2D eigenvalue weighted by atomic mass is 9.71. The number of hydrogen-bond acceptors (Lipinski definition) is 3. The fraction of sp³-hybridized carbons (Fsp3) is 0.765. The van der Waals surface area contributed by atoms with Gasteiger partial charge in [0, 0.05) is 16.5 Å². The van der Waals surface area contributed by atoms with Crippen LogP contribution in [-0.4, -0.2) is 37.1 Å². The summed E-state index contributed by atoms with van der Waals surface area (Å²) in [6.07, 6.45) is 6.54. The van der Waals surface area contributed by atoms with Gasteiger partial charge in [-0.25, -0.2) is 0 Å². The molecular formula is C17H30N2S. The Hall–Kier alpha value is -0.380. The molecule has 1 aromatic heterocycles. The van der Waals surface area contributed by atoms with Crippen molar-refractivity contribution in [2.45, 2.75) is 57.5 Å². The van der Waals surface area contributed by atoms with Gasteiger partial charge in [-0.1, -0.05) is 19.9 Å². The molecule has 1 unspecified atom stereocenters. The van der Waals surface area contributed by atoms with Gasteiger partial charge < -0.3 is 10.2 Å². The van der Waals surface area contributed by atoms with E-state index in [1.807, 2.05) is 11.3 Å². The molecular weight excluding hydrogens is 264 g/mol. The number of likely N-dealkylation sites (N-methyl/N-ethyl adjacent to an activating group) is 2. The van der Waals surface area contributed by atoms with Gasteiger partial charge in [-0.15, -0.1) is 11.3 Å². The van der Waals surface area contributed by atoms with Crippen LogP contribution in [0.1, 0.15) is 44.4 Å². The Labute approximate surface area is 128 Å². The van der Waals surface area contributed by atoms with Crippen molar-refractivity contribution in [3.63, 3.8) is 0 Å². The van der Waals surface area contributed by atoms with Crippen LogP contribution in [-0.2, 0) is 6.42 Å². The van der Waals surface area contributed by atoms with Gasteiger partial charge in [-0.2, -0.15) is 0 Å². The molecule has 1 aromatic rings. The zero-order chi connectivity index (χ0) is 14.6. The van der Waals surface area contributed by atoms with Gasteiger partial charge in [0.05, 0.1) is 0 Å². The first-order valence-electron chi connectivity index (χ1n) is 8.01. The molecule has 0 aromatic carbocycles. The molecule has 2 rings (SSSR count). The zero-order valence-electron chi connectivity index (χ0n) is 13.5. The maximum absolute atomic E-state index is 3.79. The first-order valence-corrected chi connectivity index (χ1v) is 8.89. The third kappa shape index (κ3) is 3.44. The van der Waals surface area contributed by atoms with Crippen molar-refractivity contribution in [1.82, 2.24) is 10.2 Å². The van der Waals surface area contributed by atoms with E-state index in [0.717, 1.165) is 18.9 Å². The molecule has 20 heavy (non-hydrogen) atoms. The van der Waals surface area contributed by atoms with Gasteiger partial charge in [0.2, 0.25) is 0 Å². The van der Waals surface area contributed by atoms with Crippen LogP contribution in [0.5, 0.6) is 0 Å². The number of nitrogens with zero attached hydrogens (tertiary/aromatic N) is 1. The molecule has 1 atom stereocenters. The topological polar surface area (TPSA) is 15.3 Å². The number of hydrogen-bond donors (Lipinski definition) is 1. The fourth-order valence-electron chi connectivity index (χ4n) is 3.70. The van der Waals surface area contributed by atoms with Crippen molar-refractivity contribution in [2.24, 2.45) is 5.92 Å². The van der Waals surface area contributed by atoms with Crippen LogP contribution in [0, 0.1) is 5.92 Å². The van der Waals surface area contributed by atoms with Crippen molar-refractivity contribution in [3.8, 4) is 0 Å². The lowest BCUT2D eigenvalue weighted by molar-refractivity contribution is 0.0443. The van der Waals surface area contributed by atoms with E-state index in [2.05, 4.69) is 55.7 Å². The van der Waals surface area contributed by atoms with Gasteiger partial charge in [-0.05, 0) is 70.1 Å². The lowest BCUT2D eigenvalue weighted by Gasteiger charge is -2.50. The van der Waals surface area contributed by atoms with E-state index in [1.54, 1.807) is 0 Å². The molecule has 0 radical (unpaired) electrons. The van der Waals surface area contributed by atoms with Crippen LogP contribution in [0.2, 0.25) is 0 Å². The highest BCUT2D eigenvalue weighted by Gasteiger charge is 2.42. The van der Waals surface area contributed by atoms with Gasteiger partial charge >= 0.3 is 0 Å². The Bertz CT molecular complexity index is 378. The molecule has 0 bridgehead atoms. The molecule has 1 heterocycles. The second kappa shape index (κ2) is 7.06. The molecule has 3 heteroatoms. The van der Waals surface area contributed by atoms with E-state index in [-0.39, 0.29) is 0 Å². The number of thiophene rings is 1. The molecule has 0 saturated heterocycles. The summed E-state index contributed by atoms with van der Waals surface area (Å²) >= 11 is 1.89. The van der Waals surface area contributed by atoms with Gasteiger partial charge in [0.25, 0.3) is 0 Å². The standard InChI is InChI=1S/C17H30N2S/c1-5-18-16(13-15-7-6-12-20-15)17(19(3)4)10-8-14(2)9-11-17/h6-7,12,14,16,18H,5,8-11,13H2,1-4H3. The van der Waals surface area contributed by atoms with Crippen molar-refractivity contribution < 1.29 is 0 Å². The summed E-state index contributed by atoms with van der Waals surface area (Å²) < 4.78 is 0. The van der Waals surface area contributed by atoms with Gasteiger partial charge in [0.1, 0.15) is 0 Å². The maximum Gasteiger partial charge on any atom is 0.0360 e. The predicted molar refractivity (Wildman–Crippen MR) is 89.5 cm³/mol. The quantitative estimate of drug-likeness (QED) is 0.859. The van der Waals surface area contributed by atoms with E-state index in [1.165, 1.54) is 30.6 Å². The van der Waals surface area contributed by atoms with Crippen LogP contribution < -0.4 is 5.32 Å². The molecule has 0 spiro atoms. The highest BCUT2D eigenvalue weighted by molar-refractivity contribution is 7.09. The van der Waals surface area contributed by atoms with Gasteiger partial charge in [-0.3, -0.25) is 0 Å². The van der Waals surface area contributed by atoms with Crippen molar-refractivity contribution in [1.29, 1.82) is 0 Å². The lowest BCUT2D eigenvalue weighted by Crippen LogP contribution is -2.61. The molecule has 1 aliphatic rings. The fourth-order valence-corrected chi connectivity index (χ4v) is 4.45. The first-order chi connectivity index (χ1) is 9.58. The Morgan fingerprint density at radius 3 is 2.60 bits per heavy atom. The summed E-state index contributed by atoms with van der Waals surface area (Å²) in [6, 6.07) is 5.02. The molecule has 0 aliphatic heterocycles. The smallest absolute Gasteiger partial charge is 0.0360 e. The summed E-state index contributed by atoms with van der Waals surface area (Å²) in [5, 5.41) is 5.99. The second-order valence-electron chi connectivity index (χ2n) is 6.57. The summed E-state index contributed by atoms with van der Waals surface area (Å²) in [5.41, 5.74) is 0.326. The number of nitrogens with one attached hydrogen (secondary N) is 1. The molecule has 2 nitrogen and oxygen atoms in total. The Kier molecular flexibility index (Phi) is 5.65. The minimum Gasteiger partial charge on any atom is -0.312 e. The Morgan fingerprint density at radius 1 is 1.40 bits per heavy atom. The molecule has 0 amide bonds. The van der Waals surface area contributed by atoms with Crippen LogP contribution in [0.25, 0.3) is 0 Å². The average Bonchev–Trinajstić information content (AvgIpc) is 2.92. The largest absolute Gasteiger partial charge is 0.312 e. The molecule has 1 fully saturated rings. The monoisotopic (exact) mass is 294 g/mol. The van der Waals surface area contributed by atoms with Crippen molar-refractivity contribution >= 4 is 11.3 Å². The predicted octanol–water partition coefficient (Wildman–Crippen LogP) is 3.78. The zero-order valence-corrected chi connectivity index (χ0v) is 14.3. The normalized spacial score (nSPS) is 28.8. The van der Waals surface area contributed by atoms with Crippen LogP contribution in [0.15, 0.2) is 17.5 Å². The molecule has 114 valence electrons. The highest BCUT2D eigenvalue weighted by Crippen LogP contribution is 2.39. The minimum absolute atomic E-state index is 0.326. The van der Waals surface area contributed by atoms with E-state index < -0.39 is 0 Å². The van der Waals surface area contributed by atoms with E-state index in [9.17, 15) is 0 Å². The highest BCUT2D eigenvalue weighted by atomic mass is 32.1. The second-order valence-corrected chi connectivity index (χ2v) is 7.61. The summed E-state index contributed by atoms with van der Waals surface area (Å²) in [5.74, 6) is 0.895. The average molecular weight is 295 g/mol. The molecule has 1 aliphatic carbocycles. The summed E-state index contributed by atoms with van der Waals surface area (Å²) in [6.45, 7) is 5.69. The first kappa shape index (κ1) is 16.0. The summed E-state index contributed by atoms with van der Waals surface area (Å²) in [7, 11) is 4.55. The maximum atomic E-state index is 3.79. The molecule has 1 N–H and O–H groups in total. The van der Waals surface area contributed by atoms with E-state index in [4.69, 9.17) is 0 Å². The third-order valence-corrected chi connectivity index (χ3v) is 6.01. The molecule has 1 saturated carbocycles. The van der Waals surface area contributed by atoms with E-state index >= 15 is 0 Å². The van der Waals surface area contributed by atoms with Gasteiger partial charge in [0.15, 0.2) is 0 Å². The number of rotatable bonds is 6. The van der Waals surface area contributed by atoms with Crippen LogP contribution in [0.4, 0.5) is 0 Å². The Balaban J connectivity index is 2.18. The van der Waals surface area contributed by atoms with Crippen LogP contribution in [0.3, 0.4) is 0 Å². The SMILES string of the molecule is CCNC(Cc1cccs1)C1(N(C)C)CCC(C)CC1. The summed E-state index contributed by atoms with van der Waals surface area (Å²) in [4.78, 5) is 4.01. The van der Waals surface area contributed by atoms with Crippen LogP contribution >= 0.6 is 11.3 Å².